The largest absolute Gasteiger partial charge is 0.494 e. The molecule has 5 rings (SSSR count). The summed E-state index contributed by atoms with van der Waals surface area (Å²) in [6.07, 6.45) is 1.42. The van der Waals surface area contributed by atoms with E-state index < -0.39 is 10.0 Å². The Kier molecular flexibility index (Phi) is 7.82. The Balaban J connectivity index is 1.44. The molecular formula is C26H33N7O4S. The summed E-state index contributed by atoms with van der Waals surface area (Å²) in [5.41, 5.74) is 3.13. The SMILES string of the molecule is CCCNS(=O)(=O)c1ccccc1Nc1nc(Nc2ccc(N3CCOCC3)cc2OC)nc2c1CCN2. The van der Waals surface area contributed by atoms with Gasteiger partial charge in [-0.3, -0.25) is 0 Å². The second-order valence-electron chi connectivity index (χ2n) is 9.03. The van der Waals surface area contributed by atoms with E-state index in [1.165, 1.54) is 0 Å². The summed E-state index contributed by atoms with van der Waals surface area (Å²) < 4.78 is 39.6. The van der Waals surface area contributed by atoms with E-state index in [1.807, 2.05) is 25.1 Å². The Morgan fingerprint density at radius 3 is 2.68 bits per heavy atom. The summed E-state index contributed by atoms with van der Waals surface area (Å²) in [4.78, 5) is 11.8. The van der Waals surface area contributed by atoms with Crippen LogP contribution in [0.3, 0.4) is 0 Å². The highest BCUT2D eigenvalue weighted by Gasteiger charge is 2.23. The molecule has 4 N–H and O–H groups in total. The number of morpholine rings is 1. The highest BCUT2D eigenvalue weighted by atomic mass is 32.2. The van der Waals surface area contributed by atoms with E-state index in [-0.39, 0.29) is 4.90 Å². The van der Waals surface area contributed by atoms with E-state index in [0.29, 0.717) is 55.2 Å². The summed E-state index contributed by atoms with van der Waals surface area (Å²) in [7, 11) is -2.05. The molecule has 0 unspecified atom stereocenters. The quantitative estimate of drug-likeness (QED) is 0.304. The first-order valence-corrected chi connectivity index (χ1v) is 14.2. The van der Waals surface area contributed by atoms with Crippen molar-refractivity contribution in [2.45, 2.75) is 24.7 Å². The molecule has 202 valence electrons. The summed E-state index contributed by atoms with van der Waals surface area (Å²) in [6.45, 7) is 6.07. The van der Waals surface area contributed by atoms with Gasteiger partial charge in [-0.15, -0.1) is 0 Å². The molecule has 0 spiro atoms. The number of anilines is 6. The summed E-state index contributed by atoms with van der Waals surface area (Å²) in [6, 6.07) is 12.8. The standard InChI is InChI=1S/C26H33N7O4S/c1-3-11-28-38(34,35)23-7-5-4-6-21(23)29-25-19-10-12-27-24(19)31-26(32-25)30-20-9-8-18(17-22(20)36-2)33-13-15-37-16-14-33/h4-9,17,28H,3,10-16H2,1-2H3,(H3,27,29,30,31,32). The van der Waals surface area contributed by atoms with E-state index in [4.69, 9.17) is 14.5 Å². The maximum atomic E-state index is 12.9. The second kappa shape index (κ2) is 11.4. The Morgan fingerprint density at radius 2 is 1.89 bits per heavy atom. The molecule has 1 saturated heterocycles. The van der Waals surface area contributed by atoms with Gasteiger partial charge in [0, 0.05) is 43.5 Å². The van der Waals surface area contributed by atoms with Crippen LogP contribution in [-0.4, -0.2) is 64.9 Å². The minimum Gasteiger partial charge on any atom is -0.494 e. The topological polar surface area (TPSA) is 130 Å². The number of nitrogens with zero attached hydrogens (tertiary/aromatic N) is 3. The Labute approximate surface area is 223 Å². The monoisotopic (exact) mass is 539 g/mol. The fourth-order valence-electron chi connectivity index (χ4n) is 4.50. The van der Waals surface area contributed by atoms with Crippen LogP contribution in [0.2, 0.25) is 0 Å². The third-order valence-electron chi connectivity index (χ3n) is 6.45. The molecule has 38 heavy (non-hydrogen) atoms. The third-order valence-corrected chi connectivity index (χ3v) is 7.97. The maximum Gasteiger partial charge on any atom is 0.242 e. The van der Waals surface area contributed by atoms with Crippen LogP contribution in [0, 0.1) is 0 Å². The predicted octanol–water partition coefficient (Wildman–Crippen LogP) is 3.47. The van der Waals surface area contributed by atoms with E-state index >= 15 is 0 Å². The molecule has 0 bridgehead atoms. The van der Waals surface area contributed by atoms with Crippen LogP contribution in [-0.2, 0) is 21.2 Å². The van der Waals surface area contributed by atoms with Gasteiger partial charge in [-0.25, -0.2) is 13.1 Å². The third kappa shape index (κ3) is 5.62. The van der Waals surface area contributed by atoms with Gasteiger partial charge < -0.3 is 30.3 Å². The average Bonchev–Trinajstić information content (AvgIpc) is 3.42. The molecule has 2 aliphatic rings. The van der Waals surface area contributed by atoms with E-state index in [1.54, 1.807) is 31.4 Å². The average molecular weight is 540 g/mol. The molecule has 1 aromatic heterocycles. The molecule has 11 nitrogen and oxygen atoms in total. The highest BCUT2D eigenvalue weighted by Crippen LogP contribution is 2.35. The number of ether oxygens (including phenoxy) is 2. The normalized spacial score (nSPS) is 15.1. The van der Waals surface area contributed by atoms with E-state index in [2.05, 4.69) is 30.6 Å². The first-order valence-electron chi connectivity index (χ1n) is 12.8. The van der Waals surface area contributed by atoms with Crippen molar-refractivity contribution in [2.75, 3.05) is 67.4 Å². The Morgan fingerprint density at radius 1 is 1.08 bits per heavy atom. The molecule has 0 radical (unpaired) electrons. The zero-order valence-electron chi connectivity index (χ0n) is 21.6. The van der Waals surface area contributed by atoms with E-state index in [0.717, 1.165) is 43.0 Å². The maximum absolute atomic E-state index is 12.9. The van der Waals surface area contributed by atoms with Crippen molar-refractivity contribution >= 4 is 44.7 Å². The van der Waals surface area contributed by atoms with Gasteiger partial charge in [0.05, 0.1) is 31.7 Å². The molecule has 3 aromatic rings. The summed E-state index contributed by atoms with van der Waals surface area (Å²) in [5.74, 6) is 2.28. The van der Waals surface area contributed by atoms with Gasteiger partial charge in [0.15, 0.2) is 0 Å². The van der Waals surface area contributed by atoms with Gasteiger partial charge in [0.2, 0.25) is 16.0 Å². The van der Waals surface area contributed by atoms with Crippen molar-refractivity contribution in [2.24, 2.45) is 0 Å². The van der Waals surface area contributed by atoms with Crippen molar-refractivity contribution in [1.82, 2.24) is 14.7 Å². The van der Waals surface area contributed by atoms with Crippen LogP contribution < -0.4 is 30.3 Å². The minimum atomic E-state index is -3.68. The molecule has 0 atom stereocenters. The number of sulfonamides is 1. The van der Waals surface area contributed by atoms with Crippen LogP contribution in [0.1, 0.15) is 18.9 Å². The number of aromatic nitrogens is 2. The van der Waals surface area contributed by atoms with Crippen molar-refractivity contribution in [1.29, 1.82) is 0 Å². The van der Waals surface area contributed by atoms with Crippen LogP contribution >= 0.6 is 0 Å². The lowest BCUT2D eigenvalue weighted by Crippen LogP contribution is -2.36. The Bertz CT molecular complexity index is 1390. The fraction of sp³-hybridized carbons (Fsp3) is 0.385. The molecular weight excluding hydrogens is 506 g/mol. The molecule has 1 fully saturated rings. The van der Waals surface area contributed by atoms with Crippen LogP contribution in [0.25, 0.3) is 0 Å². The number of hydrogen-bond donors (Lipinski definition) is 4. The smallest absolute Gasteiger partial charge is 0.242 e. The number of rotatable bonds is 10. The molecule has 2 aliphatic heterocycles. The zero-order valence-corrected chi connectivity index (χ0v) is 22.4. The lowest BCUT2D eigenvalue weighted by atomic mass is 10.2. The van der Waals surface area contributed by atoms with Crippen LogP contribution in [0.15, 0.2) is 47.4 Å². The van der Waals surface area contributed by atoms with Gasteiger partial charge in [-0.05, 0) is 37.1 Å². The molecule has 0 amide bonds. The van der Waals surface area contributed by atoms with Crippen LogP contribution in [0.4, 0.5) is 34.6 Å². The zero-order chi connectivity index (χ0) is 26.5. The molecule has 2 aromatic carbocycles. The number of benzene rings is 2. The van der Waals surface area contributed by atoms with E-state index in [9.17, 15) is 8.42 Å². The van der Waals surface area contributed by atoms with Gasteiger partial charge in [0.1, 0.15) is 22.3 Å². The van der Waals surface area contributed by atoms with Gasteiger partial charge in [-0.1, -0.05) is 19.1 Å². The first-order chi connectivity index (χ1) is 18.5. The number of para-hydroxylation sites is 1. The van der Waals surface area contributed by atoms with Gasteiger partial charge >= 0.3 is 0 Å². The fourth-order valence-corrected chi connectivity index (χ4v) is 5.79. The number of fused-ring (bicyclic) bond motifs is 1. The van der Waals surface area contributed by atoms with Crippen LogP contribution in [0.5, 0.6) is 5.75 Å². The highest BCUT2D eigenvalue weighted by molar-refractivity contribution is 7.89. The predicted molar refractivity (Wildman–Crippen MR) is 149 cm³/mol. The lowest BCUT2D eigenvalue weighted by Gasteiger charge is -2.29. The summed E-state index contributed by atoms with van der Waals surface area (Å²) in [5, 5.41) is 9.84. The molecule has 3 heterocycles. The first kappa shape index (κ1) is 26.0. The minimum absolute atomic E-state index is 0.168. The molecule has 0 aliphatic carbocycles. The molecule has 0 saturated carbocycles. The second-order valence-corrected chi connectivity index (χ2v) is 10.8. The van der Waals surface area contributed by atoms with Crippen molar-refractivity contribution < 1.29 is 17.9 Å². The van der Waals surface area contributed by atoms with Crippen molar-refractivity contribution in [3.8, 4) is 5.75 Å². The number of nitrogens with one attached hydrogen (secondary N) is 4. The summed E-state index contributed by atoms with van der Waals surface area (Å²) >= 11 is 0. The van der Waals surface area contributed by atoms with Crippen molar-refractivity contribution in [3.05, 3.63) is 48.0 Å². The van der Waals surface area contributed by atoms with Gasteiger partial charge in [-0.2, -0.15) is 9.97 Å². The number of methoxy groups -OCH3 is 1. The Hall–Kier alpha value is -3.61. The lowest BCUT2D eigenvalue weighted by molar-refractivity contribution is 0.122. The molecule has 12 heteroatoms. The van der Waals surface area contributed by atoms with Gasteiger partial charge in [0.25, 0.3) is 0 Å². The van der Waals surface area contributed by atoms with Crippen molar-refractivity contribution in [3.63, 3.8) is 0 Å². The number of hydrogen-bond acceptors (Lipinski definition) is 10.